The lowest BCUT2D eigenvalue weighted by molar-refractivity contribution is 0.0748. The summed E-state index contributed by atoms with van der Waals surface area (Å²) in [5.74, 6) is 0.756. The first-order valence-corrected chi connectivity index (χ1v) is 13.4. The molecule has 1 aliphatic heterocycles. The van der Waals surface area contributed by atoms with Crippen molar-refractivity contribution in [2.45, 2.75) is 6.92 Å². The number of carbonyl (C=O) groups excluding carboxylic acids is 2. The fourth-order valence-corrected chi connectivity index (χ4v) is 5.21. The van der Waals surface area contributed by atoms with Crippen molar-refractivity contribution in [1.29, 1.82) is 0 Å². The number of piperazine rings is 1. The lowest BCUT2D eigenvalue weighted by Gasteiger charge is -2.35. The molecule has 0 saturated carbocycles. The lowest BCUT2D eigenvalue weighted by atomic mass is 10.0. The van der Waals surface area contributed by atoms with E-state index in [4.69, 9.17) is 0 Å². The molecule has 3 heterocycles. The Balaban J connectivity index is 0.00000370. The van der Waals surface area contributed by atoms with Crippen LogP contribution in [0.3, 0.4) is 0 Å². The van der Waals surface area contributed by atoms with Crippen LogP contribution in [0.25, 0.3) is 22.2 Å². The molecule has 8 nitrogen and oxygen atoms in total. The summed E-state index contributed by atoms with van der Waals surface area (Å²) in [5.41, 5.74) is 5.48. The van der Waals surface area contributed by atoms with Crippen molar-refractivity contribution in [1.82, 2.24) is 24.7 Å². The number of nitrogens with one attached hydrogen (secondary N) is 1. The Bertz CT molecular complexity index is 1480. The van der Waals surface area contributed by atoms with Gasteiger partial charge in [0, 0.05) is 63.4 Å². The average Bonchev–Trinajstić information content (AvgIpc) is 3.24. The molecule has 0 spiro atoms. The topological polar surface area (TPSA) is 73.7 Å². The minimum absolute atomic E-state index is 0. The maximum Gasteiger partial charge on any atom is 0.256 e. The zero-order valence-corrected chi connectivity index (χ0v) is 24.4. The molecule has 5 rings (SSSR count). The standard InChI is InChI=1S/C31H36N6O2.ClH/c1-22-10-12-26-25(20-22)28(29(35(26)4)23-8-6-5-7-9-23)31(39)37-18-16-36(17-19-37)27-13-11-24(21-33-27)30(38)32-14-15-34(2)3;/h5-13,20-21H,14-19H2,1-4H3,(H,32,38);1H. The number of rotatable bonds is 7. The van der Waals surface area contributed by atoms with Crippen LogP contribution < -0.4 is 10.2 Å². The monoisotopic (exact) mass is 560 g/mol. The second kappa shape index (κ2) is 12.5. The molecule has 0 radical (unpaired) electrons. The molecule has 0 unspecified atom stereocenters. The number of aryl methyl sites for hydroxylation is 2. The Morgan fingerprint density at radius 3 is 2.35 bits per heavy atom. The third-order valence-corrected chi connectivity index (χ3v) is 7.36. The number of anilines is 1. The summed E-state index contributed by atoms with van der Waals surface area (Å²) in [7, 11) is 5.98. The Morgan fingerprint density at radius 1 is 0.975 bits per heavy atom. The van der Waals surface area contributed by atoms with Crippen LogP contribution in [0.4, 0.5) is 5.82 Å². The van der Waals surface area contributed by atoms with Gasteiger partial charge in [0.2, 0.25) is 0 Å². The van der Waals surface area contributed by atoms with Crippen molar-refractivity contribution in [3.05, 3.63) is 83.6 Å². The average molecular weight is 561 g/mol. The molecule has 0 aliphatic carbocycles. The van der Waals surface area contributed by atoms with Gasteiger partial charge in [0.25, 0.3) is 11.8 Å². The minimum atomic E-state index is -0.120. The van der Waals surface area contributed by atoms with Gasteiger partial charge in [-0.1, -0.05) is 42.0 Å². The molecular formula is C31H37ClN6O2. The molecule has 0 bridgehead atoms. The zero-order valence-electron chi connectivity index (χ0n) is 23.6. The Labute approximate surface area is 242 Å². The molecular weight excluding hydrogens is 524 g/mol. The molecule has 1 fully saturated rings. The van der Waals surface area contributed by atoms with Crippen LogP contribution in [0, 0.1) is 6.92 Å². The number of nitrogens with zero attached hydrogens (tertiary/aromatic N) is 5. The van der Waals surface area contributed by atoms with E-state index in [9.17, 15) is 9.59 Å². The van der Waals surface area contributed by atoms with Gasteiger partial charge in [-0.25, -0.2) is 4.98 Å². The summed E-state index contributed by atoms with van der Waals surface area (Å²) >= 11 is 0. The van der Waals surface area contributed by atoms with E-state index in [1.54, 1.807) is 6.20 Å². The molecule has 9 heteroatoms. The van der Waals surface area contributed by atoms with Crippen LogP contribution in [0.1, 0.15) is 26.3 Å². The van der Waals surface area contributed by atoms with E-state index >= 15 is 0 Å². The molecule has 2 aromatic heterocycles. The lowest BCUT2D eigenvalue weighted by Crippen LogP contribution is -2.49. The van der Waals surface area contributed by atoms with Gasteiger partial charge in [-0.15, -0.1) is 12.4 Å². The third kappa shape index (κ3) is 5.98. The molecule has 1 N–H and O–H groups in total. The molecule has 1 aliphatic rings. The molecule has 4 aromatic rings. The maximum absolute atomic E-state index is 14.1. The van der Waals surface area contributed by atoms with E-state index in [0.29, 0.717) is 38.3 Å². The largest absolute Gasteiger partial charge is 0.353 e. The number of hydrogen-bond acceptors (Lipinski definition) is 5. The van der Waals surface area contributed by atoms with Crippen LogP contribution >= 0.6 is 12.4 Å². The zero-order chi connectivity index (χ0) is 27.5. The van der Waals surface area contributed by atoms with Gasteiger partial charge in [-0.3, -0.25) is 9.59 Å². The summed E-state index contributed by atoms with van der Waals surface area (Å²) in [6.07, 6.45) is 1.63. The Morgan fingerprint density at radius 2 is 1.70 bits per heavy atom. The smallest absolute Gasteiger partial charge is 0.256 e. The van der Waals surface area contributed by atoms with Gasteiger partial charge in [-0.2, -0.15) is 0 Å². The van der Waals surface area contributed by atoms with E-state index in [1.165, 1.54) is 0 Å². The molecule has 1 saturated heterocycles. The fourth-order valence-electron chi connectivity index (χ4n) is 5.21. The van der Waals surface area contributed by atoms with Gasteiger partial charge in [0.15, 0.2) is 0 Å². The number of halogens is 1. The molecule has 0 atom stereocenters. The second-order valence-corrected chi connectivity index (χ2v) is 10.4. The predicted octanol–water partition coefficient (Wildman–Crippen LogP) is 4.22. The normalized spacial score (nSPS) is 13.4. The van der Waals surface area contributed by atoms with Gasteiger partial charge in [0.1, 0.15) is 5.82 Å². The fraction of sp³-hybridized carbons (Fsp3) is 0.323. The summed E-state index contributed by atoms with van der Waals surface area (Å²) in [6, 6.07) is 20.2. The van der Waals surface area contributed by atoms with Crippen molar-refractivity contribution in [2.75, 3.05) is 58.3 Å². The van der Waals surface area contributed by atoms with E-state index in [0.717, 1.165) is 45.6 Å². The number of benzene rings is 2. The van der Waals surface area contributed by atoms with E-state index in [2.05, 4.69) is 57.0 Å². The van der Waals surface area contributed by atoms with Crippen LogP contribution in [0.5, 0.6) is 0 Å². The SMILES string of the molecule is Cc1ccc2c(c1)c(C(=O)N1CCN(c3ccc(C(=O)NCCN(C)C)cn3)CC1)c(-c1ccccc1)n2C.Cl. The summed E-state index contributed by atoms with van der Waals surface area (Å²) in [4.78, 5) is 37.1. The highest BCUT2D eigenvalue weighted by Gasteiger charge is 2.29. The number of amides is 2. The number of pyridine rings is 1. The summed E-state index contributed by atoms with van der Waals surface area (Å²) in [6.45, 7) is 5.99. The van der Waals surface area contributed by atoms with Crippen LogP contribution in [0.2, 0.25) is 0 Å². The van der Waals surface area contributed by atoms with Crippen LogP contribution in [-0.4, -0.2) is 84.5 Å². The molecule has 40 heavy (non-hydrogen) atoms. The summed E-state index contributed by atoms with van der Waals surface area (Å²) < 4.78 is 2.13. The molecule has 210 valence electrons. The van der Waals surface area contributed by atoms with E-state index in [1.807, 2.05) is 61.3 Å². The predicted molar refractivity (Wildman–Crippen MR) is 164 cm³/mol. The van der Waals surface area contributed by atoms with E-state index < -0.39 is 0 Å². The summed E-state index contributed by atoms with van der Waals surface area (Å²) in [5, 5.41) is 3.91. The number of carbonyl (C=O) groups is 2. The van der Waals surface area contributed by atoms with Crippen LogP contribution in [0.15, 0.2) is 66.9 Å². The highest BCUT2D eigenvalue weighted by molar-refractivity contribution is 6.13. The van der Waals surface area contributed by atoms with Crippen LogP contribution in [-0.2, 0) is 7.05 Å². The van der Waals surface area contributed by atoms with E-state index in [-0.39, 0.29) is 24.2 Å². The van der Waals surface area contributed by atoms with Gasteiger partial charge in [-0.05, 0) is 50.8 Å². The first-order valence-electron chi connectivity index (χ1n) is 13.4. The van der Waals surface area contributed by atoms with Gasteiger partial charge >= 0.3 is 0 Å². The molecule has 2 aromatic carbocycles. The highest BCUT2D eigenvalue weighted by atomic mass is 35.5. The number of fused-ring (bicyclic) bond motifs is 1. The van der Waals surface area contributed by atoms with Gasteiger partial charge in [0.05, 0.1) is 16.8 Å². The quantitative estimate of drug-likeness (QED) is 0.366. The third-order valence-electron chi connectivity index (χ3n) is 7.36. The van der Waals surface area contributed by atoms with Crippen molar-refractivity contribution < 1.29 is 9.59 Å². The second-order valence-electron chi connectivity index (χ2n) is 10.4. The van der Waals surface area contributed by atoms with Crippen molar-refractivity contribution >= 4 is 40.9 Å². The highest BCUT2D eigenvalue weighted by Crippen LogP contribution is 2.35. The minimum Gasteiger partial charge on any atom is -0.353 e. The molecule has 2 amide bonds. The number of hydrogen-bond donors (Lipinski definition) is 1. The van der Waals surface area contributed by atoms with Crippen molar-refractivity contribution in [3.8, 4) is 11.3 Å². The van der Waals surface area contributed by atoms with Crippen molar-refractivity contribution in [2.24, 2.45) is 7.05 Å². The number of likely N-dealkylation sites (N-methyl/N-ethyl adjacent to an activating group) is 1. The first-order chi connectivity index (χ1) is 18.8. The van der Waals surface area contributed by atoms with Gasteiger partial charge < -0.3 is 24.6 Å². The first kappa shape index (κ1) is 29.1. The Hall–Kier alpha value is -3.88. The number of aromatic nitrogens is 2. The maximum atomic E-state index is 14.1. The van der Waals surface area contributed by atoms with Crippen molar-refractivity contribution in [3.63, 3.8) is 0 Å². The Kier molecular flexibility index (Phi) is 9.12.